The van der Waals surface area contributed by atoms with Gasteiger partial charge in [-0.1, -0.05) is 12.1 Å². The number of ether oxygens (including phenoxy) is 2. The SMILES string of the molecule is CC(C)(C)OC(=O)NCCOc1ccc([B-](F)(F)F)cc1.[K+]. The number of alkyl carbamates (subject to hydrolysis) is 1. The van der Waals surface area contributed by atoms with Crippen LogP contribution in [-0.2, 0) is 4.74 Å². The van der Waals surface area contributed by atoms with Crippen molar-refractivity contribution >= 4 is 18.5 Å². The van der Waals surface area contributed by atoms with Crippen LogP contribution in [0.4, 0.5) is 17.7 Å². The van der Waals surface area contributed by atoms with Gasteiger partial charge in [-0.05, 0) is 32.9 Å². The second-order valence-corrected chi connectivity index (χ2v) is 5.42. The Morgan fingerprint density at radius 2 is 1.73 bits per heavy atom. The number of hydrogen-bond donors (Lipinski definition) is 1. The molecule has 0 fully saturated rings. The minimum atomic E-state index is -4.99. The molecule has 1 amide bonds. The summed E-state index contributed by atoms with van der Waals surface area (Å²) in [4.78, 5) is 11.3. The van der Waals surface area contributed by atoms with Crippen LogP contribution in [0.25, 0.3) is 0 Å². The third-order valence-corrected chi connectivity index (χ3v) is 2.30. The number of carbonyl (C=O) groups is 1. The second kappa shape index (κ2) is 9.17. The van der Waals surface area contributed by atoms with E-state index in [0.29, 0.717) is 5.75 Å². The Bertz CT molecular complexity index is 475. The first-order valence-electron chi connectivity index (χ1n) is 6.47. The summed E-state index contributed by atoms with van der Waals surface area (Å²) in [5, 5.41) is 2.48. The van der Waals surface area contributed by atoms with Gasteiger partial charge in [0.15, 0.2) is 0 Å². The number of amides is 1. The molecule has 0 atom stereocenters. The van der Waals surface area contributed by atoms with Crippen molar-refractivity contribution in [1.29, 1.82) is 0 Å². The van der Waals surface area contributed by atoms with Crippen molar-refractivity contribution in [1.82, 2.24) is 5.32 Å². The zero-order valence-corrected chi connectivity index (χ0v) is 16.3. The van der Waals surface area contributed by atoms with E-state index in [0.717, 1.165) is 12.1 Å². The Balaban J connectivity index is 0.00000441. The van der Waals surface area contributed by atoms with Crippen LogP contribution >= 0.6 is 0 Å². The molecule has 118 valence electrons. The van der Waals surface area contributed by atoms with E-state index in [-0.39, 0.29) is 64.5 Å². The molecule has 0 saturated carbocycles. The zero-order valence-electron chi connectivity index (χ0n) is 13.2. The van der Waals surface area contributed by atoms with Gasteiger partial charge < -0.3 is 27.7 Å². The average molecular weight is 343 g/mol. The molecule has 0 aliphatic heterocycles. The number of benzene rings is 1. The molecule has 0 heterocycles. The summed E-state index contributed by atoms with van der Waals surface area (Å²) in [5.74, 6) is 0.310. The summed E-state index contributed by atoms with van der Waals surface area (Å²) in [5.41, 5.74) is -1.26. The van der Waals surface area contributed by atoms with E-state index in [1.54, 1.807) is 20.8 Å². The van der Waals surface area contributed by atoms with Crippen LogP contribution in [0.3, 0.4) is 0 Å². The number of hydrogen-bond acceptors (Lipinski definition) is 3. The Labute approximate surface area is 170 Å². The van der Waals surface area contributed by atoms with Gasteiger partial charge in [-0.25, -0.2) is 4.79 Å². The summed E-state index contributed by atoms with van der Waals surface area (Å²) in [6.45, 7) is 0.565. The molecule has 1 rings (SSSR count). The molecule has 0 radical (unpaired) electrons. The first kappa shape index (κ1) is 21.8. The summed E-state index contributed by atoms with van der Waals surface area (Å²) >= 11 is 0. The van der Waals surface area contributed by atoms with E-state index in [9.17, 15) is 17.7 Å². The van der Waals surface area contributed by atoms with Gasteiger partial charge >= 0.3 is 64.5 Å². The molecule has 9 heteroatoms. The van der Waals surface area contributed by atoms with Crippen LogP contribution in [-0.4, -0.2) is 31.8 Å². The van der Waals surface area contributed by atoms with Crippen LogP contribution < -0.4 is 66.9 Å². The predicted octanol–water partition coefficient (Wildman–Crippen LogP) is -0.351. The molecule has 1 aromatic carbocycles. The van der Waals surface area contributed by atoms with Crippen molar-refractivity contribution in [2.24, 2.45) is 0 Å². The summed E-state index contributed by atoms with van der Waals surface area (Å²) < 4.78 is 47.5. The second-order valence-electron chi connectivity index (χ2n) is 5.42. The smallest absolute Gasteiger partial charge is 0.492 e. The molecular weight excluding hydrogens is 325 g/mol. The number of carbonyl (C=O) groups excluding carboxylic acids is 1. The maximum absolute atomic E-state index is 12.4. The monoisotopic (exact) mass is 343 g/mol. The molecular formula is C13H18BF3KNO3. The Kier molecular flexibility index (Phi) is 9.08. The zero-order chi connectivity index (χ0) is 16.1. The van der Waals surface area contributed by atoms with E-state index in [2.05, 4.69) is 5.32 Å². The van der Waals surface area contributed by atoms with Crippen LogP contribution in [0.1, 0.15) is 20.8 Å². The summed E-state index contributed by atoms with van der Waals surface area (Å²) in [6, 6.07) is 4.43. The summed E-state index contributed by atoms with van der Waals surface area (Å²) in [6.07, 6.45) is -0.568. The van der Waals surface area contributed by atoms with Crippen molar-refractivity contribution < 1.29 is 78.6 Å². The molecule has 22 heavy (non-hydrogen) atoms. The van der Waals surface area contributed by atoms with Gasteiger partial charge in [0, 0.05) is 0 Å². The van der Waals surface area contributed by atoms with E-state index in [4.69, 9.17) is 9.47 Å². The topological polar surface area (TPSA) is 47.6 Å². The van der Waals surface area contributed by atoms with Gasteiger partial charge in [0.2, 0.25) is 0 Å². The largest absolute Gasteiger partial charge is 1.00 e. The van der Waals surface area contributed by atoms with Crippen molar-refractivity contribution in [2.75, 3.05) is 13.2 Å². The maximum atomic E-state index is 12.4. The predicted molar refractivity (Wildman–Crippen MR) is 74.9 cm³/mol. The molecule has 0 unspecified atom stereocenters. The van der Waals surface area contributed by atoms with Crippen molar-refractivity contribution in [3.63, 3.8) is 0 Å². The van der Waals surface area contributed by atoms with Gasteiger partial charge in [-0.3, -0.25) is 0 Å². The Hall–Kier alpha value is -0.219. The molecule has 0 spiro atoms. The number of halogens is 3. The molecule has 1 N–H and O–H groups in total. The molecule has 0 aliphatic carbocycles. The third-order valence-electron chi connectivity index (χ3n) is 2.30. The molecule has 0 saturated heterocycles. The maximum Gasteiger partial charge on any atom is 1.00 e. The van der Waals surface area contributed by atoms with Crippen LogP contribution in [0, 0.1) is 0 Å². The van der Waals surface area contributed by atoms with Crippen molar-refractivity contribution in [3.8, 4) is 5.75 Å². The Morgan fingerprint density at radius 1 is 1.18 bits per heavy atom. The van der Waals surface area contributed by atoms with Crippen LogP contribution in [0.5, 0.6) is 5.75 Å². The number of rotatable bonds is 5. The van der Waals surface area contributed by atoms with Crippen LogP contribution in [0.15, 0.2) is 24.3 Å². The quantitative estimate of drug-likeness (QED) is 0.587. The van der Waals surface area contributed by atoms with Gasteiger partial charge in [-0.2, -0.15) is 0 Å². The summed E-state index contributed by atoms with van der Waals surface area (Å²) in [7, 11) is 0. The molecule has 1 aromatic rings. The minimum Gasteiger partial charge on any atom is -0.492 e. The van der Waals surface area contributed by atoms with Gasteiger partial charge in [0.25, 0.3) is 0 Å². The fourth-order valence-electron chi connectivity index (χ4n) is 1.42. The number of nitrogens with one attached hydrogen (secondary N) is 1. The van der Waals surface area contributed by atoms with E-state index < -0.39 is 24.1 Å². The molecule has 4 nitrogen and oxygen atoms in total. The Morgan fingerprint density at radius 3 is 2.18 bits per heavy atom. The van der Waals surface area contributed by atoms with Gasteiger partial charge in [0.05, 0.1) is 6.54 Å². The molecule has 0 aromatic heterocycles. The normalized spacial score (nSPS) is 11.4. The van der Waals surface area contributed by atoms with Crippen molar-refractivity contribution in [3.05, 3.63) is 24.3 Å². The van der Waals surface area contributed by atoms with Gasteiger partial charge in [0.1, 0.15) is 18.0 Å². The van der Waals surface area contributed by atoms with Crippen molar-refractivity contribution in [2.45, 2.75) is 26.4 Å². The van der Waals surface area contributed by atoms with Gasteiger partial charge in [-0.15, -0.1) is 5.46 Å². The first-order valence-corrected chi connectivity index (χ1v) is 6.47. The van der Waals surface area contributed by atoms with E-state index in [1.165, 1.54) is 12.1 Å². The molecule has 0 aliphatic rings. The van der Waals surface area contributed by atoms with E-state index >= 15 is 0 Å². The fourth-order valence-corrected chi connectivity index (χ4v) is 1.42. The molecule has 0 bridgehead atoms. The minimum absolute atomic E-state index is 0. The van der Waals surface area contributed by atoms with Crippen LogP contribution in [0.2, 0.25) is 0 Å². The average Bonchev–Trinajstić information content (AvgIpc) is 2.32. The first-order chi connectivity index (χ1) is 9.58. The third kappa shape index (κ3) is 9.04. The standard InChI is InChI=1S/C13H18BF3NO3.K/c1-13(2,3)21-12(19)18-8-9-20-11-6-4-10(5-7-11)14(15,16)17;/h4-7H,8-9H2,1-3H3,(H,18,19);/q-1;+1. The fraction of sp³-hybridized carbons (Fsp3) is 0.462. The van der Waals surface area contributed by atoms with E-state index in [1.807, 2.05) is 0 Å².